The molecule has 1 saturated heterocycles. The maximum atomic E-state index is 12.2. The Morgan fingerprint density at radius 3 is 2.32 bits per heavy atom. The first kappa shape index (κ1) is 16.5. The molecule has 0 saturated carbocycles. The Morgan fingerprint density at radius 1 is 0.960 bits per heavy atom. The van der Waals surface area contributed by atoms with E-state index in [4.69, 9.17) is 4.74 Å². The summed E-state index contributed by atoms with van der Waals surface area (Å²) in [5, 5.41) is 2.76. The van der Waals surface area contributed by atoms with Gasteiger partial charge < -0.3 is 10.1 Å². The summed E-state index contributed by atoms with van der Waals surface area (Å²) in [6.07, 6.45) is 0.191. The summed E-state index contributed by atoms with van der Waals surface area (Å²) in [5.74, 6) is -0.781. The molecule has 3 amide bonds. The summed E-state index contributed by atoms with van der Waals surface area (Å²) in [5.41, 5.74) is 5.00. The van der Waals surface area contributed by atoms with E-state index in [0.717, 1.165) is 0 Å². The van der Waals surface area contributed by atoms with Gasteiger partial charge in [-0.25, -0.2) is 0 Å². The third-order valence-corrected chi connectivity index (χ3v) is 3.73. The molecule has 1 aliphatic heterocycles. The Hall–Kier alpha value is -3.35. The minimum Gasteiger partial charge on any atom is -0.455 e. The molecule has 1 aliphatic rings. The number of carbonyl (C=O) groups excluding carboxylic acids is 3. The van der Waals surface area contributed by atoms with Crippen molar-refractivity contribution in [2.24, 2.45) is 5.92 Å². The maximum absolute atomic E-state index is 12.2. The van der Waals surface area contributed by atoms with Crippen LogP contribution < -0.4 is 20.9 Å². The molecule has 0 unspecified atom stereocenters. The van der Waals surface area contributed by atoms with Gasteiger partial charge in [-0.1, -0.05) is 30.3 Å². The molecule has 0 aliphatic carbocycles. The minimum atomic E-state index is -0.832. The van der Waals surface area contributed by atoms with Crippen LogP contribution >= 0.6 is 0 Å². The highest BCUT2D eigenvalue weighted by Gasteiger charge is 2.32. The van der Waals surface area contributed by atoms with Gasteiger partial charge in [-0.15, -0.1) is 0 Å². The van der Waals surface area contributed by atoms with Crippen LogP contribution in [0.1, 0.15) is 12.8 Å². The number of para-hydroxylation sites is 3. The summed E-state index contributed by atoms with van der Waals surface area (Å²) in [7, 11) is 0. The lowest BCUT2D eigenvalue weighted by Crippen LogP contribution is -2.28. The highest BCUT2D eigenvalue weighted by Crippen LogP contribution is 2.29. The number of anilines is 1. The second-order valence-electron chi connectivity index (χ2n) is 5.53. The molecule has 0 bridgehead atoms. The van der Waals surface area contributed by atoms with Crippen molar-refractivity contribution in [1.82, 2.24) is 10.9 Å². The van der Waals surface area contributed by atoms with Crippen LogP contribution in [-0.2, 0) is 14.4 Å². The Labute approximate surface area is 144 Å². The predicted octanol–water partition coefficient (Wildman–Crippen LogP) is 1.97. The molecule has 3 N–H and O–H groups in total. The fraction of sp³-hybridized carbons (Fsp3) is 0.167. The third-order valence-electron chi connectivity index (χ3n) is 3.73. The van der Waals surface area contributed by atoms with Crippen molar-refractivity contribution < 1.29 is 19.1 Å². The van der Waals surface area contributed by atoms with Crippen LogP contribution in [0.2, 0.25) is 0 Å². The average molecular weight is 339 g/mol. The molecule has 3 rings (SSSR count). The topological polar surface area (TPSA) is 96.5 Å². The Bertz CT molecular complexity index is 776. The van der Waals surface area contributed by atoms with Crippen LogP contribution in [0.25, 0.3) is 0 Å². The number of hydrogen-bond acceptors (Lipinski definition) is 4. The molecule has 0 spiro atoms. The highest BCUT2D eigenvalue weighted by atomic mass is 16.5. The molecule has 0 aromatic heterocycles. The lowest BCUT2D eigenvalue weighted by Gasteiger charge is -2.12. The first-order chi connectivity index (χ1) is 12.1. The molecule has 1 heterocycles. The Morgan fingerprint density at radius 2 is 1.60 bits per heavy atom. The predicted molar refractivity (Wildman–Crippen MR) is 90.6 cm³/mol. The van der Waals surface area contributed by atoms with E-state index in [1.165, 1.54) is 0 Å². The lowest BCUT2D eigenvalue weighted by molar-refractivity contribution is -0.128. The number of hydrazine groups is 1. The number of benzene rings is 2. The largest absolute Gasteiger partial charge is 0.455 e. The summed E-state index contributed by atoms with van der Waals surface area (Å²) in [4.78, 5) is 35.1. The standard InChI is InChI=1S/C18H17N3O4/c22-16(11-10-13-17(23)20-21-18(13)24)19-14-8-4-5-9-15(14)25-12-6-2-1-3-7-12/h1-9,13H,10-11H2,(H,19,22)(H,20,23)(H,21,24). The highest BCUT2D eigenvalue weighted by molar-refractivity contribution is 6.05. The SMILES string of the molecule is O=C(CCC1C(=O)NNC1=O)Nc1ccccc1Oc1ccccc1. The smallest absolute Gasteiger partial charge is 0.251 e. The molecule has 25 heavy (non-hydrogen) atoms. The summed E-state index contributed by atoms with van der Waals surface area (Å²) < 4.78 is 5.78. The van der Waals surface area contributed by atoms with E-state index >= 15 is 0 Å². The summed E-state index contributed by atoms with van der Waals surface area (Å²) in [6, 6.07) is 16.3. The van der Waals surface area contributed by atoms with Crippen molar-refractivity contribution in [2.45, 2.75) is 12.8 Å². The van der Waals surface area contributed by atoms with Crippen molar-refractivity contribution >= 4 is 23.4 Å². The maximum Gasteiger partial charge on any atom is 0.251 e. The number of rotatable bonds is 6. The number of ether oxygens (including phenoxy) is 1. The van der Waals surface area contributed by atoms with Gasteiger partial charge in [0.15, 0.2) is 5.75 Å². The molecule has 1 fully saturated rings. The van der Waals surface area contributed by atoms with Crippen LogP contribution in [-0.4, -0.2) is 17.7 Å². The van der Waals surface area contributed by atoms with Crippen molar-refractivity contribution in [3.05, 3.63) is 54.6 Å². The van der Waals surface area contributed by atoms with E-state index in [-0.39, 0.29) is 18.7 Å². The van der Waals surface area contributed by atoms with E-state index in [1.54, 1.807) is 24.3 Å². The number of nitrogens with one attached hydrogen (secondary N) is 3. The molecule has 2 aromatic rings. The number of amides is 3. The van der Waals surface area contributed by atoms with Crippen molar-refractivity contribution in [3.63, 3.8) is 0 Å². The monoisotopic (exact) mass is 339 g/mol. The zero-order chi connectivity index (χ0) is 17.6. The van der Waals surface area contributed by atoms with Gasteiger partial charge in [-0.3, -0.25) is 25.2 Å². The van der Waals surface area contributed by atoms with Crippen molar-refractivity contribution in [3.8, 4) is 11.5 Å². The van der Waals surface area contributed by atoms with Gasteiger partial charge in [0.05, 0.1) is 5.69 Å². The molecule has 0 atom stereocenters. The first-order valence-corrected chi connectivity index (χ1v) is 7.85. The fourth-order valence-electron chi connectivity index (χ4n) is 2.44. The van der Waals surface area contributed by atoms with E-state index in [1.807, 2.05) is 30.3 Å². The Balaban J connectivity index is 1.61. The van der Waals surface area contributed by atoms with E-state index in [0.29, 0.717) is 17.2 Å². The van der Waals surface area contributed by atoms with Gasteiger partial charge in [0, 0.05) is 6.42 Å². The van der Waals surface area contributed by atoms with E-state index in [9.17, 15) is 14.4 Å². The number of hydrogen-bond donors (Lipinski definition) is 3. The normalized spacial score (nSPS) is 13.9. The molecule has 7 nitrogen and oxygen atoms in total. The second-order valence-corrected chi connectivity index (χ2v) is 5.53. The van der Waals surface area contributed by atoms with Crippen molar-refractivity contribution in [1.29, 1.82) is 0 Å². The van der Waals surface area contributed by atoms with Crippen LogP contribution in [0.5, 0.6) is 11.5 Å². The van der Waals surface area contributed by atoms with E-state index < -0.39 is 17.7 Å². The summed E-state index contributed by atoms with van der Waals surface area (Å²) in [6.45, 7) is 0. The second kappa shape index (κ2) is 7.48. The van der Waals surface area contributed by atoms with Crippen LogP contribution in [0.3, 0.4) is 0 Å². The van der Waals surface area contributed by atoms with Crippen LogP contribution in [0, 0.1) is 5.92 Å². The van der Waals surface area contributed by atoms with Gasteiger partial charge in [0.2, 0.25) is 5.91 Å². The van der Waals surface area contributed by atoms with Gasteiger partial charge in [-0.05, 0) is 30.7 Å². The zero-order valence-corrected chi connectivity index (χ0v) is 13.3. The van der Waals surface area contributed by atoms with Gasteiger partial charge >= 0.3 is 0 Å². The molecular formula is C18H17N3O4. The van der Waals surface area contributed by atoms with E-state index in [2.05, 4.69) is 16.2 Å². The van der Waals surface area contributed by atoms with Crippen LogP contribution in [0.4, 0.5) is 5.69 Å². The molecule has 2 aromatic carbocycles. The van der Waals surface area contributed by atoms with Crippen molar-refractivity contribution in [2.75, 3.05) is 5.32 Å². The molecule has 128 valence electrons. The van der Waals surface area contributed by atoms with Gasteiger partial charge in [-0.2, -0.15) is 0 Å². The number of carbonyl (C=O) groups is 3. The third kappa shape index (κ3) is 4.14. The van der Waals surface area contributed by atoms with Gasteiger partial charge in [0.1, 0.15) is 11.7 Å². The zero-order valence-electron chi connectivity index (χ0n) is 13.3. The quantitative estimate of drug-likeness (QED) is 0.701. The molecule has 0 radical (unpaired) electrons. The van der Waals surface area contributed by atoms with Gasteiger partial charge in [0.25, 0.3) is 11.8 Å². The average Bonchev–Trinajstić information content (AvgIpc) is 2.94. The van der Waals surface area contributed by atoms with Crippen LogP contribution in [0.15, 0.2) is 54.6 Å². The summed E-state index contributed by atoms with van der Waals surface area (Å²) >= 11 is 0. The minimum absolute atomic E-state index is 0.0468. The Kier molecular flexibility index (Phi) is 4.94. The fourth-order valence-corrected chi connectivity index (χ4v) is 2.44. The lowest BCUT2D eigenvalue weighted by atomic mass is 10.0. The first-order valence-electron chi connectivity index (χ1n) is 7.85. The molecule has 7 heteroatoms. The molecular weight excluding hydrogens is 322 g/mol.